The van der Waals surface area contributed by atoms with Crippen LogP contribution < -0.4 is 4.90 Å². The molecular formula is C14H14N2O3. The SMILES string of the molecule is Cc1cc(CN2CCc3cc(C(=O)O)ccc32)on1. The van der Waals surface area contributed by atoms with Crippen LogP contribution in [0.5, 0.6) is 0 Å². The molecule has 0 atom stereocenters. The van der Waals surface area contributed by atoms with Crippen molar-refractivity contribution < 1.29 is 14.4 Å². The van der Waals surface area contributed by atoms with Gasteiger partial charge in [0.1, 0.15) is 0 Å². The predicted molar refractivity (Wildman–Crippen MR) is 69.4 cm³/mol. The fraction of sp³-hybridized carbons (Fsp3) is 0.286. The number of anilines is 1. The lowest BCUT2D eigenvalue weighted by molar-refractivity contribution is 0.0697. The normalized spacial score (nSPS) is 13.6. The summed E-state index contributed by atoms with van der Waals surface area (Å²) in [5, 5.41) is 12.9. The maximum absolute atomic E-state index is 10.9. The summed E-state index contributed by atoms with van der Waals surface area (Å²) in [6.45, 7) is 3.43. The molecule has 0 saturated carbocycles. The third-order valence-electron chi connectivity index (χ3n) is 3.34. The topological polar surface area (TPSA) is 66.6 Å². The highest BCUT2D eigenvalue weighted by atomic mass is 16.5. The zero-order chi connectivity index (χ0) is 13.4. The van der Waals surface area contributed by atoms with Gasteiger partial charge in [0.2, 0.25) is 0 Å². The molecule has 0 unspecified atom stereocenters. The van der Waals surface area contributed by atoms with Gasteiger partial charge in [-0.25, -0.2) is 4.79 Å². The molecule has 1 aromatic carbocycles. The average molecular weight is 258 g/mol. The summed E-state index contributed by atoms with van der Waals surface area (Å²) in [6, 6.07) is 7.19. The Morgan fingerprint density at radius 3 is 3.00 bits per heavy atom. The van der Waals surface area contributed by atoms with Gasteiger partial charge in [0.25, 0.3) is 0 Å². The van der Waals surface area contributed by atoms with Gasteiger partial charge >= 0.3 is 5.97 Å². The monoisotopic (exact) mass is 258 g/mol. The molecule has 0 radical (unpaired) electrons. The maximum atomic E-state index is 10.9. The molecule has 0 aliphatic carbocycles. The van der Waals surface area contributed by atoms with E-state index < -0.39 is 5.97 Å². The van der Waals surface area contributed by atoms with Crippen LogP contribution in [0, 0.1) is 6.92 Å². The quantitative estimate of drug-likeness (QED) is 0.914. The lowest BCUT2D eigenvalue weighted by Crippen LogP contribution is -2.19. The van der Waals surface area contributed by atoms with Crippen LogP contribution in [0.15, 0.2) is 28.8 Å². The highest BCUT2D eigenvalue weighted by Crippen LogP contribution is 2.30. The molecule has 1 N–H and O–H groups in total. The molecule has 3 rings (SSSR count). The number of aromatic nitrogens is 1. The van der Waals surface area contributed by atoms with Gasteiger partial charge in [0, 0.05) is 18.3 Å². The van der Waals surface area contributed by atoms with Crippen molar-refractivity contribution in [3.63, 3.8) is 0 Å². The van der Waals surface area contributed by atoms with E-state index in [1.807, 2.05) is 19.1 Å². The highest BCUT2D eigenvalue weighted by molar-refractivity contribution is 5.88. The van der Waals surface area contributed by atoms with Crippen molar-refractivity contribution in [3.8, 4) is 0 Å². The van der Waals surface area contributed by atoms with E-state index in [0.29, 0.717) is 12.1 Å². The van der Waals surface area contributed by atoms with Crippen molar-refractivity contribution >= 4 is 11.7 Å². The zero-order valence-corrected chi connectivity index (χ0v) is 10.6. The van der Waals surface area contributed by atoms with Crippen molar-refractivity contribution in [2.24, 2.45) is 0 Å². The van der Waals surface area contributed by atoms with E-state index in [1.54, 1.807) is 12.1 Å². The second kappa shape index (κ2) is 4.42. The van der Waals surface area contributed by atoms with Gasteiger partial charge in [-0.15, -0.1) is 0 Å². The number of nitrogens with zero attached hydrogens (tertiary/aromatic N) is 2. The molecule has 1 aliphatic heterocycles. The maximum Gasteiger partial charge on any atom is 0.335 e. The summed E-state index contributed by atoms with van der Waals surface area (Å²) >= 11 is 0. The molecule has 0 saturated heterocycles. The van der Waals surface area contributed by atoms with Crippen LogP contribution in [0.3, 0.4) is 0 Å². The fourth-order valence-electron chi connectivity index (χ4n) is 2.45. The molecule has 0 spiro atoms. The van der Waals surface area contributed by atoms with E-state index in [-0.39, 0.29) is 0 Å². The zero-order valence-electron chi connectivity index (χ0n) is 10.6. The van der Waals surface area contributed by atoms with Gasteiger partial charge in [-0.1, -0.05) is 5.16 Å². The summed E-state index contributed by atoms with van der Waals surface area (Å²) in [7, 11) is 0. The fourth-order valence-corrected chi connectivity index (χ4v) is 2.45. The molecular weight excluding hydrogens is 244 g/mol. The van der Waals surface area contributed by atoms with Gasteiger partial charge in [0.05, 0.1) is 17.8 Å². The minimum Gasteiger partial charge on any atom is -0.478 e. The van der Waals surface area contributed by atoms with E-state index in [1.165, 1.54) is 0 Å². The van der Waals surface area contributed by atoms with Gasteiger partial charge in [-0.2, -0.15) is 0 Å². The van der Waals surface area contributed by atoms with Crippen LogP contribution in [-0.2, 0) is 13.0 Å². The summed E-state index contributed by atoms with van der Waals surface area (Å²) in [4.78, 5) is 13.1. The summed E-state index contributed by atoms with van der Waals surface area (Å²) in [6.07, 6.45) is 0.865. The molecule has 1 aliphatic rings. The minimum absolute atomic E-state index is 0.344. The lowest BCUT2D eigenvalue weighted by Gasteiger charge is -2.17. The van der Waals surface area contributed by atoms with Crippen LogP contribution >= 0.6 is 0 Å². The number of hydrogen-bond acceptors (Lipinski definition) is 4. The van der Waals surface area contributed by atoms with E-state index in [0.717, 1.165) is 35.7 Å². The number of carboxylic acids is 1. The first-order chi connectivity index (χ1) is 9.13. The predicted octanol–water partition coefficient (Wildman–Crippen LogP) is 2.24. The minimum atomic E-state index is -0.882. The number of aryl methyl sites for hydroxylation is 1. The van der Waals surface area contributed by atoms with Crippen LogP contribution in [0.25, 0.3) is 0 Å². The Morgan fingerprint density at radius 2 is 2.32 bits per heavy atom. The van der Waals surface area contributed by atoms with Crippen LogP contribution in [0.4, 0.5) is 5.69 Å². The number of hydrogen-bond donors (Lipinski definition) is 1. The number of carbonyl (C=O) groups is 1. The van der Waals surface area contributed by atoms with Crippen molar-refractivity contribution in [2.75, 3.05) is 11.4 Å². The van der Waals surface area contributed by atoms with Gasteiger partial charge < -0.3 is 14.5 Å². The molecule has 19 heavy (non-hydrogen) atoms. The summed E-state index contributed by atoms with van der Waals surface area (Å²) in [5.41, 5.74) is 3.38. The number of aromatic carboxylic acids is 1. The third kappa shape index (κ3) is 2.19. The second-order valence-electron chi connectivity index (χ2n) is 4.75. The lowest BCUT2D eigenvalue weighted by atomic mass is 10.1. The van der Waals surface area contributed by atoms with Gasteiger partial charge in [0.15, 0.2) is 5.76 Å². The highest BCUT2D eigenvalue weighted by Gasteiger charge is 2.21. The van der Waals surface area contributed by atoms with Crippen molar-refractivity contribution in [1.82, 2.24) is 5.16 Å². The van der Waals surface area contributed by atoms with Crippen LogP contribution in [0.2, 0.25) is 0 Å². The van der Waals surface area contributed by atoms with Crippen molar-refractivity contribution in [1.29, 1.82) is 0 Å². The van der Waals surface area contributed by atoms with E-state index >= 15 is 0 Å². The Hall–Kier alpha value is -2.30. The van der Waals surface area contributed by atoms with E-state index in [9.17, 15) is 4.79 Å². The summed E-state index contributed by atoms with van der Waals surface area (Å²) in [5.74, 6) is -0.0558. The van der Waals surface area contributed by atoms with Crippen molar-refractivity contribution in [2.45, 2.75) is 19.9 Å². The molecule has 0 fully saturated rings. The van der Waals surface area contributed by atoms with Gasteiger partial charge in [-0.3, -0.25) is 0 Å². The number of carboxylic acid groups (broad SMARTS) is 1. The van der Waals surface area contributed by atoms with E-state index in [4.69, 9.17) is 9.63 Å². The van der Waals surface area contributed by atoms with Crippen molar-refractivity contribution in [3.05, 3.63) is 46.8 Å². The Kier molecular flexibility index (Phi) is 2.74. The molecule has 2 aromatic rings. The number of fused-ring (bicyclic) bond motifs is 1. The average Bonchev–Trinajstić information content (AvgIpc) is 2.96. The Bertz CT molecular complexity index is 633. The first-order valence-corrected chi connectivity index (χ1v) is 6.17. The Balaban J connectivity index is 1.84. The second-order valence-corrected chi connectivity index (χ2v) is 4.75. The smallest absolute Gasteiger partial charge is 0.335 e. The standard InChI is InChI=1S/C14H14N2O3/c1-9-6-12(19-15-9)8-16-5-4-10-7-11(14(17)18)2-3-13(10)16/h2-3,6-7H,4-5,8H2,1H3,(H,17,18). The third-order valence-corrected chi connectivity index (χ3v) is 3.34. The molecule has 0 bridgehead atoms. The van der Waals surface area contributed by atoms with E-state index in [2.05, 4.69) is 10.1 Å². The molecule has 0 amide bonds. The number of benzene rings is 1. The molecule has 5 heteroatoms. The Labute approximate surface area is 110 Å². The summed E-state index contributed by atoms with van der Waals surface area (Å²) < 4.78 is 5.22. The van der Waals surface area contributed by atoms with Crippen LogP contribution in [0.1, 0.15) is 27.4 Å². The molecule has 98 valence electrons. The first kappa shape index (κ1) is 11.8. The molecule has 2 heterocycles. The Morgan fingerprint density at radius 1 is 1.47 bits per heavy atom. The molecule has 5 nitrogen and oxygen atoms in total. The van der Waals surface area contributed by atoms with Crippen LogP contribution in [-0.4, -0.2) is 22.8 Å². The first-order valence-electron chi connectivity index (χ1n) is 6.17. The molecule has 1 aromatic heterocycles. The largest absolute Gasteiger partial charge is 0.478 e. The number of rotatable bonds is 3. The van der Waals surface area contributed by atoms with Gasteiger partial charge in [-0.05, 0) is 37.1 Å².